The van der Waals surface area contributed by atoms with Crippen LogP contribution in [0.1, 0.15) is 27.2 Å². The summed E-state index contributed by atoms with van der Waals surface area (Å²) in [6, 6.07) is 0. The molecule has 0 aromatic carbocycles. The van der Waals surface area contributed by atoms with E-state index in [-0.39, 0.29) is 23.3 Å². The topological polar surface area (TPSA) is 66.6 Å². The molecule has 0 aliphatic heterocycles. The minimum Gasteiger partial charge on any atom is -0.393 e. The molecule has 0 aliphatic carbocycles. The van der Waals surface area contributed by atoms with Crippen LogP contribution in [-0.4, -0.2) is 53.3 Å². The predicted octanol–water partition coefficient (Wildman–Crippen LogP) is 0.626. The fourth-order valence-electron chi connectivity index (χ4n) is 1.72. The van der Waals surface area contributed by atoms with E-state index in [0.29, 0.717) is 19.5 Å². The quantitative estimate of drug-likeness (QED) is 0.691. The molecule has 2 N–H and O–H groups in total. The number of likely N-dealkylation sites (N-methyl/N-ethyl adjacent to an activating group) is 2. The lowest BCUT2D eigenvalue weighted by atomic mass is 10.1. The standard InChI is InChI=1S/C12H23N3O2S/c1-5-9(11(13)18)12(17)14(4)8-10(16)15(6-2)7-3/h9H,5-8H2,1-4H3,(H2,13,18). The zero-order valence-corrected chi connectivity index (χ0v) is 12.4. The van der Waals surface area contributed by atoms with Gasteiger partial charge < -0.3 is 15.5 Å². The van der Waals surface area contributed by atoms with Crippen LogP contribution in [0.3, 0.4) is 0 Å². The van der Waals surface area contributed by atoms with Gasteiger partial charge in [-0.05, 0) is 20.3 Å². The SMILES string of the molecule is CCC(C(=O)N(C)CC(=O)N(CC)CC)C(N)=S. The summed E-state index contributed by atoms with van der Waals surface area (Å²) in [5.74, 6) is -0.728. The summed E-state index contributed by atoms with van der Waals surface area (Å²) in [6.45, 7) is 7.02. The molecule has 1 unspecified atom stereocenters. The van der Waals surface area contributed by atoms with Gasteiger partial charge >= 0.3 is 0 Å². The number of hydrogen-bond donors (Lipinski definition) is 1. The van der Waals surface area contributed by atoms with Crippen molar-refractivity contribution in [1.29, 1.82) is 0 Å². The Morgan fingerprint density at radius 1 is 1.22 bits per heavy atom. The summed E-state index contributed by atoms with van der Waals surface area (Å²) in [6.07, 6.45) is 0.554. The fraction of sp³-hybridized carbons (Fsp3) is 0.750. The zero-order valence-electron chi connectivity index (χ0n) is 11.6. The van der Waals surface area contributed by atoms with E-state index < -0.39 is 5.92 Å². The Kier molecular flexibility index (Phi) is 7.50. The lowest BCUT2D eigenvalue weighted by molar-refractivity contribution is -0.140. The first-order chi connectivity index (χ1) is 8.38. The Balaban J connectivity index is 4.57. The molecule has 0 aliphatic rings. The maximum absolute atomic E-state index is 12.0. The van der Waals surface area contributed by atoms with Crippen LogP contribution in [0, 0.1) is 5.92 Å². The summed E-state index contributed by atoms with van der Waals surface area (Å²) in [5.41, 5.74) is 5.52. The molecular weight excluding hydrogens is 250 g/mol. The van der Waals surface area contributed by atoms with Crippen molar-refractivity contribution in [3.05, 3.63) is 0 Å². The molecule has 0 heterocycles. The third-order valence-corrected chi connectivity index (χ3v) is 3.20. The maximum Gasteiger partial charge on any atom is 0.242 e. The van der Waals surface area contributed by atoms with Crippen LogP contribution in [0.25, 0.3) is 0 Å². The maximum atomic E-state index is 12.0. The lowest BCUT2D eigenvalue weighted by Gasteiger charge is -2.25. The van der Waals surface area contributed by atoms with Gasteiger partial charge in [0.05, 0.1) is 17.5 Å². The Bertz CT molecular complexity index is 316. The van der Waals surface area contributed by atoms with Crippen molar-refractivity contribution in [2.45, 2.75) is 27.2 Å². The average molecular weight is 273 g/mol. The molecule has 18 heavy (non-hydrogen) atoms. The van der Waals surface area contributed by atoms with Gasteiger partial charge in [0.1, 0.15) is 0 Å². The van der Waals surface area contributed by atoms with Crippen LogP contribution < -0.4 is 5.73 Å². The third kappa shape index (κ3) is 4.60. The molecule has 1 atom stereocenters. The van der Waals surface area contributed by atoms with Crippen molar-refractivity contribution in [2.24, 2.45) is 11.7 Å². The number of carbonyl (C=O) groups is 2. The van der Waals surface area contributed by atoms with Gasteiger partial charge in [-0.25, -0.2) is 0 Å². The fourth-order valence-corrected chi connectivity index (χ4v) is 1.99. The van der Waals surface area contributed by atoms with Crippen molar-refractivity contribution in [3.63, 3.8) is 0 Å². The zero-order chi connectivity index (χ0) is 14.3. The first-order valence-corrected chi connectivity index (χ1v) is 6.61. The van der Waals surface area contributed by atoms with Crippen LogP contribution in [0.2, 0.25) is 0 Å². The first-order valence-electron chi connectivity index (χ1n) is 6.20. The monoisotopic (exact) mass is 273 g/mol. The molecule has 0 saturated carbocycles. The highest BCUT2D eigenvalue weighted by molar-refractivity contribution is 7.80. The van der Waals surface area contributed by atoms with Crippen LogP contribution in [-0.2, 0) is 9.59 Å². The van der Waals surface area contributed by atoms with E-state index in [0.717, 1.165) is 0 Å². The van der Waals surface area contributed by atoms with Crippen molar-refractivity contribution >= 4 is 29.0 Å². The molecule has 0 aromatic rings. The number of rotatable bonds is 7. The predicted molar refractivity (Wildman–Crippen MR) is 76.1 cm³/mol. The number of amides is 2. The number of thiocarbonyl (C=S) groups is 1. The van der Waals surface area contributed by atoms with Crippen molar-refractivity contribution in [2.75, 3.05) is 26.7 Å². The lowest BCUT2D eigenvalue weighted by Crippen LogP contribution is -2.45. The van der Waals surface area contributed by atoms with Gasteiger partial charge in [-0.15, -0.1) is 0 Å². The highest BCUT2D eigenvalue weighted by Gasteiger charge is 2.25. The van der Waals surface area contributed by atoms with Gasteiger partial charge in [0.15, 0.2) is 0 Å². The summed E-state index contributed by atoms with van der Waals surface area (Å²) in [7, 11) is 1.60. The first kappa shape index (κ1) is 16.8. The molecule has 5 nitrogen and oxygen atoms in total. The molecule has 0 saturated heterocycles. The van der Waals surface area contributed by atoms with E-state index >= 15 is 0 Å². The molecule has 0 radical (unpaired) electrons. The molecule has 0 spiro atoms. The molecule has 0 fully saturated rings. The van der Waals surface area contributed by atoms with Crippen molar-refractivity contribution in [1.82, 2.24) is 9.80 Å². The number of nitrogens with two attached hydrogens (primary N) is 1. The summed E-state index contributed by atoms with van der Waals surface area (Å²) in [5, 5.41) is 0. The van der Waals surface area contributed by atoms with Crippen molar-refractivity contribution in [3.8, 4) is 0 Å². The van der Waals surface area contributed by atoms with Gasteiger partial charge in [0.25, 0.3) is 0 Å². The van der Waals surface area contributed by atoms with Crippen LogP contribution in [0.5, 0.6) is 0 Å². The smallest absolute Gasteiger partial charge is 0.242 e. The Morgan fingerprint density at radius 3 is 2.06 bits per heavy atom. The summed E-state index contributed by atoms with van der Waals surface area (Å²) in [4.78, 5) is 27.2. The van der Waals surface area contributed by atoms with Gasteiger partial charge in [0.2, 0.25) is 11.8 Å². The normalized spacial score (nSPS) is 11.8. The molecule has 104 valence electrons. The molecule has 6 heteroatoms. The van der Waals surface area contributed by atoms with E-state index in [2.05, 4.69) is 0 Å². The van der Waals surface area contributed by atoms with Crippen LogP contribution in [0.4, 0.5) is 0 Å². The minimum atomic E-state index is -0.477. The molecular formula is C12H23N3O2S. The van der Waals surface area contributed by atoms with Crippen LogP contribution >= 0.6 is 12.2 Å². The second-order valence-electron chi connectivity index (χ2n) is 4.12. The number of hydrogen-bond acceptors (Lipinski definition) is 3. The number of carbonyl (C=O) groups excluding carboxylic acids is 2. The van der Waals surface area contributed by atoms with E-state index in [1.807, 2.05) is 20.8 Å². The molecule has 2 amide bonds. The second-order valence-corrected chi connectivity index (χ2v) is 4.59. The molecule has 0 rings (SSSR count). The van der Waals surface area contributed by atoms with E-state index in [1.165, 1.54) is 4.90 Å². The Morgan fingerprint density at radius 2 is 1.72 bits per heavy atom. The summed E-state index contributed by atoms with van der Waals surface area (Å²) < 4.78 is 0. The Hall–Kier alpha value is -1.17. The third-order valence-electron chi connectivity index (χ3n) is 2.91. The minimum absolute atomic E-state index is 0.0614. The molecule has 0 bridgehead atoms. The highest BCUT2D eigenvalue weighted by atomic mass is 32.1. The second kappa shape index (κ2) is 8.02. The van der Waals surface area contributed by atoms with E-state index in [4.69, 9.17) is 18.0 Å². The average Bonchev–Trinajstić information content (AvgIpc) is 2.30. The number of nitrogens with zero attached hydrogens (tertiary/aromatic N) is 2. The van der Waals surface area contributed by atoms with E-state index in [1.54, 1.807) is 11.9 Å². The highest BCUT2D eigenvalue weighted by Crippen LogP contribution is 2.07. The van der Waals surface area contributed by atoms with Gasteiger partial charge in [0, 0.05) is 20.1 Å². The van der Waals surface area contributed by atoms with Gasteiger partial charge in [-0.3, -0.25) is 9.59 Å². The van der Waals surface area contributed by atoms with Gasteiger partial charge in [-0.2, -0.15) is 0 Å². The Labute approximate surface area is 114 Å². The van der Waals surface area contributed by atoms with Crippen LogP contribution in [0.15, 0.2) is 0 Å². The molecule has 0 aromatic heterocycles. The van der Waals surface area contributed by atoms with Crippen molar-refractivity contribution < 1.29 is 9.59 Å². The van der Waals surface area contributed by atoms with E-state index in [9.17, 15) is 9.59 Å². The largest absolute Gasteiger partial charge is 0.393 e. The summed E-state index contributed by atoms with van der Waals surface area (Å²) >= 11 is 4.86. The van der Waals surface area contributed by atoms with Gasteiger partial charge in [-0.1, -0.05) is 19.1 Å².